The fraction of sp³-hybridized carbons (Fsp3) is 0.714. The zero-order chi connectivity index (χ0) is 15.7. The molecule has 0 amide bonds. The van der Waals surface area contributed by atoms with E-state index in [0.29, 0.717) is 37.1 Å². The molecule has 1 heterocycles. The van der Waals surface area contributed by atoms with Gasteiger partial charge in [0.25, 0.3) is 0 Å². The third kappa shape index (κ3) is 6.88. The Bertz CT molecular complexity index is 498. The minimum Gasteiger partial charge on any atom is -0.380 e. The fourth-order valence-corrected chi connectivity index (χ4v) is 4.11. The van der Waals surface area contributed by atoms with E-state index in [1.165, 1.54) is 11.3 Å². The van der Waals surface area contributed by atoms with Crippen LogP contribution in [0, 0.1) is 5.92 Å². The first-order valence-corrected chi connectivity index (χ1v) is 9.68. The number of rotatable bonds is 11. The number of nitrogens with one attached hydrogen (secondary N) is 2. The first-order chi connectivity index (χ1) is 9.97. The van der Waals surface area contributed by atoms with Gasteiger partial charge in [0.1, 0.15) is 0 Å². The van der Waals surface area contributed by atoms with E-state index in [2.05, 4.69) is 23.9 Å². The Morgan fingerprint density at radius 2 is 2.10 bits per heavy atom. The average Bonchev–Trinajstić information content (AvgIpc) is 2.89. The average molecular weight is 335 g/mol. The Balaban J connectivity index is 2.41. The molecular weight excluding hydrogens is 308 g/mol. The Hall–Kier alpha value is -0.470. The minimum atomic E-state index is -3.44. The molecule has 0 fully saturated rings. The predicted octanol–water partition coefficient (Wildman–Crippen LogP) is 2.20. The van der Waals surface area contributed by atoms with Crippen LogP contribution in [0.4, 0.5) is 0 Å². The van der Waals surface area contributed by atoms with Gasteiger partial charge in [-0.1, -0.05) is 20.8 Å². The van der Waals surface area contributed by atoms with Crippen LogP contribution in [0.3, 0.4) is 0 Å². The summed E-state index contributed by atoms with van der Waals surface area (Å²) in [5.74, 6) is 0.598. The lowest BCUT2D eigenvalue weighted by Gasteiger charge is -2.09. The van der Waals surface area contributed by atoms with E-state index in [-0.39, 0.29) is 0 Å². The van der Waals surface area contributed by atoms with Crippen molar-refractivity contribution in [2.75, 3.05) is 26.3 Å². The van der Waals surface area contributed by atoms with Gasteiger partial charge in [0, 0.05) is 24.6 Å². The molecule has 21 heavy (non-hydrogen) atoms. The van der Waals surface area contributed by atoms with Crippen LogP contribution in [0.2, 0.25) is 0 Å². The fourth-order valence-electron chi connectivity index (χ4n) is 1.68. The van der Waals surface area contributed by atoms with Gasteiger partial charge in [0.15, 0.2) is 0 Å². The molecule has 0 unspecified atom stereocenters. The highest BCUT2D eigenvalue weighted by Crippen LogP contribution is 2.21. The molecule has 7 heteroatoms. The molecule has 0 radical (unpaired) electrons. The Morgan fingerprint density at radius 1 is 1.33 bits per heavy atom. The van der Waals surface area contributed by atoms with Crippen LogP contribution >= 0.6 is 11.3 Å². The van der Waals surface area contributed by atoms with Gasteiger partial charge in [0.05, 0.1) is 11.5 Å². The highest BCUT2D eigenvalue weighted by atomic mass is 32.2. The zero-order valence-corrected chi connectivity index (χ0v) is 14.6. The Labute approximate surface area is 132 Å². The van der Waals surface area contributed by atoms with Crippen LogP contribution < -0.4 is 10.0 Å². The van der Waals surface area contributed by atoms with E-state index in [0.717, 1.165) is 17.8 Å². The second-order valence-electron chi connectivity index (χ2n) is 5.18. The van der Waals surface area contributed by atoms with Gasteiger partial charge < -0.3 is 10.1 Å². The lowest BCUT2D eigenvalue weighted by molar-refractivity contribution is 0.128. The van der Waals surface area contributed by atoms with Gasteiger partial charge in [-0.15, -0.1) is 11.3 Å². The lowest BCUT2D eigenvalue weighted by Crippen LogP contribution is -2.28. The van der Waals surface area contributed by atoms with Gasteiger partial charge in [-0.3, -0.25) is 0 Å². The van der Waals surface area contributed by atoms with Gasteiger partial charge >= 0.3 is 0 Å². The molecule has 0 aliphatic carbocycles. The predicted molar refractivity (Wildman–Crippen MR) is 87.2 cm³/mol. The topological polar surface area (TPSA) is 67.4 Å². The highest BCUT2D eigenvalue weighted by molar-refractivity contribution is 7.89. The monoisotopic (exact) mass is 334 g/mol. The molecule has 0 saturated carbocycles. The maximum absolute atomic E-state index is 12.2. The zero-order valence-electron chi connectivity index (χ0n) is 13.0. The molecule has 0 aliphatic heterocycles. The molecule has 0 bridgehead atoms. The van der Waals surface area contributed by atoms with Crippen molar-refractivity contribution in [3.63, 3.8) is 0 Å². The number of sulfonamides is 1. The molecule has 122 valence electrons. The van der Waals surface area contributed by atoms with Crippen molar-refractivity contribution < 1.29 is 13.2 Å². The van der Waals surface area contributed by atoms with E-state index in [1.54, 1.807) is 11.4 Å². The summed E-state index contributed by atoms with van der Waals surface area (Å²) in [5, 5.41) is 4.96. The largest absolute Gasteiger partial charge is 0.380 e. The van der Waals surface area contributed by atoms with Crippen LogP contribution in [0.5, 0.6) is 0 Å². The second-order valence-corrected chi connectivity index (χ2v) is 7.92. The smallest absolute Gasteiger partial charge is 0.241 e. The number of ether oxygens (including phenoxy) is 1. The second kappa shape index (κ2) is 9.53. The third-order valence-electron chi connectivity index (χ3n) is 2.91. The lowest BCUT2D eigenvalue weighted by atomic mass is 10.1. The standard InChI is InChI=1S/C14H26N2O3S2/c1-4-15-11-13-14(6-10-20-13)21(17,18)16-7-9-19-8-5-12(2)3/h6,10,12,15-16H,4-5,7-9,11H2,1-3H3. The van der Waals surface area contributed by atoms with Crippen molar-refractivity contribution >= 4 is 21.4 Å². The summed E-state index contributed by atoms with van der Waals surface area (Å²) < 4.78 is 32.5. The molecule has 1 aromatic heterocycles. The number of hydrogen-bond donors (Lipinski definition) is 2. The Morgan fingerprint density at radius 3 is 2.76 bits per heavy atom. The minimum absolute atomic E-state index is 0.303. The summed E-state index contributed by atoms with van der Waals surface area (Å²) in [6.07, 6.45) is 0.990. The summed E-state index contributed by atoms with van der Waals surface area (Å²) in [6, 6.07) is 1.65. The summed E-state index contributed by atoms with van der Waals surface area (Å²) in [5.41, 5.74) is 0. The molecule has 5 nitrogen and oxygen atoms in total. The van der Waals surface area contributed by atoms with E-state index in [9.17, 15) is 8.42 Å². The van der Waals surface area contributed by atoms with Crippen LogP contribution in [-0.2, 0) is 21.3 Å². The van der Waals surface area contributed by atoms with E-state index in [1.807, 2.05) is 6.92 Å². The molecule has 0 saturated heterocycles. The van der Waals surface area contributed by atoms with E-state index in [4.69, 9.17) is 4.74 Å². The molecule has 0 spiro atoms. The Kier molecular flexibility index (Phi) is 8.43. The van der Waals surface area contributed by atoms with Crippen molar-refractivity contribution in [3.05, 3.63) is 16.3 Å². The van der Waals surface area contributed by atoms with E-state index < -0.39 is 10.0 Å². The van der Waals surface area contributed by atoms with Gasteiger partial charge in [0.2, 0.25) is 10.0 Å². The molecule has 2 N–H and O–H groups in total. The number of hydrogen-bond acceptors (Lipinski definition) is 5. The van der Waals surface area contributed by atoms with Crippen molar-refractivity contribution in [1.82, 2.24) is 10.0 Å². The quantitative estimate of drug-likeness (QED) is 0.609. The van der Waals surface area contributed by atoms with E-state index >= 15 is 0 Å². The molecule has 0 atom stereocenters. The van der Waals surface area contributed by atoms with Gasteiger partial charge in [-0.05, 0) is 30.3 Å². The SMILES string of the molecule is CCNCc1sccc1S(=O)(=O)NCCOCCC(C)C. The highest BCUT2D eigenvalue weighted by Gasteiger charge is 2.18. The number of thiophene rings is 1. The third-order valence-corrected chi connectivity index (χ3v) is 5.50. The van der Waals surface area contributed by atoms with Crippen LogP contribution in [0.25, 0.3) is 0 Å². The normalized spacial score (nSPS) is 12.2. The summed E-state index contributed by atoms with van der Waals surface area (Å²) in [7, 11) is -3.44. The maximum atomic E-state index is 12.2. The molecule has 0 aromatic carbocycles. The molecular formula is C14H26N2O3S2. The summed E-state index contributed by atoms with van der Waals surface area (Å²) in [6.45, 7) is 9.03. The molecule has 1 aromatic rings. The van der Waals surface area contributed by atoms with Crippen molar-refractivity contribution in [2.24, 2.45) is 5.92 Å². The maximum Gasteiger partial charge on any atom is 0.241 e. The van der Waals surface area contributed by atoms with Crippen LogP contribution in [0.1, 0.15) is 32.1 Å². The summed E-state index contributed by atoms with van der Waals surface area (Å²) >= 11 is 1.45. The van der Waals surface area contributed by atoms with Crippen molar-refractivity contribution in [3.8, 4) is 0 Å². The van der Waals surface area contributed by atoms with Crippen molar-refractivity contribution in [2.45, 2.75) is 38.6 Å². The molecule has 1 rings (SSSR count). The van der Waals surface area contributed by atoms with Crippen LogP contribution in [0.15, 0.2) is 16.3 Å². The molecule has 0 aliphatic rings. The van der Waals surface area contributed by atoms with Crippen molar-refractivity contribution in [1.29, 1.82) is 0 Å². The van der Waals surface area contributed by atoms with Gasteiger partial charge in [-0.25, -0.2) is 13.1 Å². The summed E-state index contributed by atoms with van der Waals surface area (Å²) in [4.78, 5) is 1.21. The first-order valence-electron chi connectivity index (χ1n) is 7.32. The first kappa shape index (κ1) is 18.6. The van der Waals surface area contributed by atoms with Gasteiger partial charge in [-0.2, -0.15) is 0 Å². The van der Waals surface area contributed by atoms with Crippen LogP contribution in [-0.4, -0.2) is 34.7 Å².